The number of fused-ring (bicyclic) bond motifs is 1. The zero-order valence-corrected chi connectivity index (χ0v) is 11.6. The van der Waals surface area contributed by atoms with Gasteiger partial charge in [0, 0.05) is 11.5 Å². The van der Waals surface area contributed by atoms with E-state index in [1.165, 1.54) is 0 Å². The fraction of sp³-hybridized carbons (Fsp3) is 0.294. The van der Waals surface area contributed by atoms with Gasteiger partial charge in [0.25, 0.3) is 0 Å². The lowest BCUT2D eigenvalue weighted by atomic mass is 9.80. The van der Waals surface area contributed by atoms with E-state index in [0.717, 1.165) is 16.9 Å². The lowest BCUT2D eigenvalue weighted by Crippen LogP contribution is -2.26. The van der Waals surface area contributed by atoms with E-state index in [-0.39, 0.29) is 23.5 Å². The smallest absolute Gasteiger partial charge is 0.127 e. The Hall–Kier alpha value is -2.16. The molecule has 0 bridgehead atoms. The van der Waals surface area contributed by atoms with Gasteiger partial charge in [-0.05, 0) is 41.8 Å². The SMILES string of the molecule is C[C@H]1[C@@H](C)c2cc(O)ccc2O[C@H]1c1ccc(O)cc1. The van der Waals surface area contributed by atoms with E-state index in [9.17, 15) is 10.2 Å². The van der Waals surface area contributed by atoms with Gasteiger partial charge in [-0.2, -0.15) is 0 Å². The first-order valence-electron chi connectivity index (χ1n) is 6.85. The average molecular weight is 270 g/mol. The first-order chi connectivity index (χ1) is 9.56. The molecule has 0 spiro atoms. The van der Waals surface area contributed by atoms with Crippen molar-refractivity contribution in [3.63, 3.8) is 0 Å². The highest BCUT2D eigenvalue weighted by Gasteiger charge is 2.33. The van der Waals surface area contributed by atoms with Crippen molar-refractivity contribution >= 4 is 0 Å². The molecule has 3 heteroatoms. The van der Waals surface area contributed by atoms with Crippen molar-refractivity contribution in [2.45, 2.75) is 25.9 Å². The molecule has 3 atom stereocenters. The summed E-state index contributed by atoms with van der Waals surface area (Å²) < 4.78 is 6.10. The molecule has 2 N–H and O–H groups in total. The summed E-state index contributed by atoms with van der Waals surface area (Å²) in [5.41, 5.74) is 2.11. The van der Waals surface area contributed by atoms with Gasteiger partial charge in [0.1, 0.15) is 23.4 Å². The molecule has 0 saturated carbocycles. The number of benzene rings is 2. The van der Waals surface area contributed by atoms with Crippen molar-refractivity contribution < 1.29 is 14.9 Å². The molecule has 3 nitrogen and oxygen atoms in total. The molecule has 1 aliphatic rings. The first-order valence-corrected chi connectivity index (χ1v) is 6.85. The number of phenolic OH excluding ortho intramolecular Hbond substituents is 2. The largest absolute Gasteiger partial charge is 0.508 e. The van der Waals surface area contributed by atoms with Crippen molar-refractivity contribution in [1.29, 1.82) is 0 Å². The van der Waals surface area contributed by atoms with Gasteiger partial charge in [0.15, 0.2) is 0 Å². The zero-order valence-electron chi connectivity index (χ0n) is 11.6. The molecule has 3 rings (SSSR count). The molecule has 1 aliphatic heterocycles. The van der Waals surface area contributed by atoms with Crippen LogP contribution in [0.5, 0.6) is 17.2 Å². The van der Waals surface area contributed by atoms with E-state index < -0.39 is 0 Å². The van der Waals surface area contributed by atoms with Crippen LogP contribution in [0.1, 0.15) is 37.0 Å². The predicted octanol–water partition coefficient (Wildman–Crippen LogP) is 3.97. The van der Waals surface area contributed by atoms with Crippen molar-refractivity contribution in [3.05, 3.63) is 53.6 Å². The fourth-order valence-electron chi connectivity index (χ4n) is 2.82. The third-order valence-corrected chi connectivity index (χ3v) is 4.23. The lowest BCUT2D eigenvalue weighted by molar-refractivity contribution is 0.106. The minimum absolute atomic E-state index is 0.0392. The number of hydrogen-bond donors (Lipinski definition) is 2. The molecule has 0 fully saturated rings. The summed E-state index contributed by atoms with van der Waals surface area (Å²) in [6, 6.07) is 12.4. The van der Waals surface area contributed by atoms with E-state index in [1.807, 2.05) is 18.2 Å². The highest BCUT2D eigenvalue weighted by atomic mass is 16.5. The second-order valence-corrected chi connectivity index (χ2v) is 5.50. The summed E-state index contributed by atoms with van der Waals surface area (Å²) in [5, 5.41) is 19.0. The Morgan fingerprint density at radius 3 is 2.25 bits per heavy atom. The molecule has 0 aromatic heterocycles. The third kappa shape index (κ3) is 2.09. The van der Waals surface area contributed by atoms with Crippen molar-refractivity contribution in [1.82, 2.24) is 0 Å². The summed E-state index contributed by atoms with van der Waals surface area (Å²) in [5.74, 6) is 1.94. The number of rotatable bonds is 1. The zero-order chi connectivity index (χ0) is 14.3. The van der Waals surface area contributed by atoms with Crippen molar-refractivity contribution in [2.24, 2.45) is 5.92 Å². The van der Waals surface area contributed by atoms with E-state index in [2.05, 4.69) is 13.8 Å². The first kappa shape index (κ1) is 12.9. The fourth-order valence-corrected chi connectivity index (χ4v) is 2.82. The van der Waals surface area contributed by atoms with Crippen molar-refractivity contribution in [3.8, 4) is 17.2 Å². The number of hydrogen-bond acceptors (Lipinski definition) is 3. The quantitative estimate of drug-likeness (QED) is 0.824. The molecule has 2 aromatic rings. The van der Waals surface area contributed by atoms with Crippen LogP contribution >= 0.6 is 0 Å². The minimum Gasteiger partial charge on any atom is -0.508 e. The molecule has 0 saturated heterocycles. The maximum atomic E-state index is 9.62. The third-order valence-electron chi connectivity index (χ3n) is 4.23. The highest BCUT2D eigenvalue weighted by molar-refractivity contribution is 5.44. The van der Waals surface area contributed by atoms with Crippen LogP contribution in [0.25, 0.3) is 0 Å². The Morgan fingerprint density at radius 2 is 1.55 bits per heavy atom. The topological polar surface area (TPSA) is 49.7 Å². The van der Waals surface area contributed by atoms with Crippen LogP contribution in [0.2, 0.25) is 0 Å². The van der Waals surface area contributed by atoms with E-state index in [0.29, 0.717) is 5.92 Å². The Balaban J connectivity index is 1.99. The molecule has 104 valence electrons. The molecular formula is C17H18O3. The van der Waals surface area contributed by atoms with Gasteiger partial charge in [-0.15, -0.1) is 0 Å². The maximum Gasteiger partial charge on any atom is 0.127 e. The van der Waals surface area contributed by atoms with Crippen LogP contribution in [0.15, 0.2) is 42.5 Å². The summed E-state index contributed by atoms with van der Waals surface area (Å²) in [6.45, 7) is 4.30. The number of aromatic hydroxyl groups is 2. The predicted molar refractivity (Wildman–Crippen MR) is 77.2 cm³/mol. The Kier molecular flexibility index (Phi) is 3.05. The van der Waals surface area contributed by atoms with Gasteiger partial charge in [0.05, 0.1) is 0 Å². The maximum absolute atomic E-state index is 9.62. The Morgan fingerprint density at radius 1 is 0.900 bits per heavy atom. The van der Waals surface area contributed by atoms with Crippen molar-refractivity contribution in [2.75, 3.05) is 0 Å². The molecule has 20 heavy (non-hydrogen) atoms. The van der Waals surface area contributed by atoms with Gasteiger partial charge in [-0.25, -0.2) is 0 Å². The Labute approximate surface area is 118 Å². The summed E-state index contributed by atoms with van der Waals surface area (Å²) in [7, 11) is 0. The van der Waals surface area contributed by atoms with Crippen LogP contribution in [-0.4, -0.2) is 10.2 Å². The van der Waals surface area contributed by atoms with E-state index in [1.54, 1.807) is 24.3 Å². The number of phenols is 2. The summed E-state index contributed by atoms with van der Waals surface area (Å²) >= 11 is 0. The van der Waals surface area contributed by atoms with Gasteiger partial charge >= 0.3 is 0 Å². The van der Waals surface area contributed by atoms with Gasteiger partial charge in [0.2, 0.25) is 0 Å². The summed E-state index contributed by atoms with van der Waals surface area (Å²) in [4.78, 5) is 0. The average Bonchev–Trinajstić information content (AvgIpc) is 2.44. The van der Waals surface area contributed by atoms with Crippen LogP contribution in [0.3, 0.4) is 0 Å². The monoisotopic (exact) mass is 270 g/mol. The normalized spacial score (nSPS) is 24.8. The molecule has 2 aromatic carbocycles. The van der Waals surface area contributed by atoms with Crippen LogP contribution < -0.4 is 4.74 Å². The van der Waals surface area contributed by atoms with Crippen LogP contribution in [0.4, 0.5) is 0 Å². The second-order valence-electron chi connectivity index (χ2n) is 5.50. The molecule has 0 unspecified atom stereocenters. The molecule has 0 aliphatic carbocycles. The van der Waals surface area contributed by atoms with Crippen LogP contribution in [0, 0.1) is 5.92 Å². The van der Waals surface area contributed by atoms with E-state index in [4.69, 9.17) is 4.74 Å². The van der Waals surface area contributed by atoms with Crippen LogP contribution in [-0.2, 0) is 0 Å². The van der Waals surface area contributed by atoms with E-state index >= 15 is 0 Å². The minimum atomic E-state index is -0.0392. The van der Waals surface area contributed by atoms with Gasteiger partial charge in [-0.1, -0.05) is 26.0 Å². The summed E-state index contributed by atoms with van der Waals surface area (Å²) in [6.07, 6.45) is -0.0392. The second kappa shape index (κ2) is 4.75. The lowest BCUT2D eigenvalue weighted by Gasteiger charge is -2.36. The van der Waals surface area contributed by atoms with Gasteiger partial charge in [-0.3, -0.25) is 0 Å². The molecular weight excluding hydrogens is 252 g/mol. The number of ether oxygens (including phenoxy) is 1. The standard InChI is InChI=1S/C17H18O3/c1-10-11(2)17(12-3-5-13(18)6-4-12)20-16-8-7-14(19)9-15(10)16/h3-11,17-19H,1-2H3/t10-,11+,17-/m1/s1. The molecule has 1 heterocycles. The molecule has 0 radical (unpaired) electrons. The highest BCUT2D eigenvalue weighted by Crippen LogP contribution is 2.46. The Bertz CT molecular complexity index is 619. The van der Waals surface area contributed by atoms with Gasteiger partial charge < -0.3 is 14.9 Å². The molecule has 0 amide bonds.